The molecule has 0 heterocycles. The molecule has 0 bridgehead atoms. The molecule has 1 atom stereocenters. The highest BCUT2D eigenvalue weighted by Gasteiger charge is 2.20. The Bertz CT molecular complexity index is 275. The molecule has 0 unspecified atom stereocenters. The second-order valence-corrected chi connectivity index (χ2v) is 5.63. The maximum absolute atomic E-state index is 12.1. The van der Waals surface area contributed by atoms with Gasteiger partial charge < -0.3 is 10.6 Å². The van der Waals surface area contributed by atoms with E-state index in [-0.39, 0.29) is 23.7 Å². The second-order valence-electron chi connectivity index (χ2n) is 5.63. The number of nitrogens with one attached hydrogen (secondary N) is 2. The monoisotopic (exact) mass is 270 g/mol. The van der Waals surface area contributed by atoms with E-state index in [4.69, 9.17) is 0 Å². The average molecular weight is 270 g/mol. The summed E-state index contributed by atoms with van der Waals surface area (Å²) in [6.45, 7) is 10.6. The Labute approximate surface area is 117 Å². The Morgan fingerprint density at radius 2 is 1.68 bits per heavy atom. The summed E-state index contributed by atoms with van der Waals surface area (Å²) in [6.07, 6.45) is 3.25. The van der Waals surface area contributed by atoms with Crippen molar-refractivity contribution in [2.75, 3.05) is 6.54 Å². The van der Waals surface area contributed by atoms with Crippen LogP contribution in [0.1, 0.15) is 60.3 Å². The number of ketones is 1. The Hall–Kier alpha value is -0.900. The molecule has 0 saturated carbocycles. The van der Waals surface area contributed by atoms with Crippen molar-refractivity contribution >= 4 is 11.7 Å². The standard InChI is InChI=1S/C15H30N2O2/c1-6-14(18)16-10-8-7-9-13(17-12(4)5)15(19)11(2)3/h11-13,17H,6-10H2,1-5H3,(H,16,18)/t13-/m0/s1. The Balaban J connectivity index is 3.99. The lowest BCUT2D eigenvalue weighted by Gasteiger charge is -2.22. The molecule has 2 N–H and O–H groups in total. The zero-order valence-electron chi connectivity index (χ0n) is 13.1. The van der Waals surface area contributed by atoms with Gasteiger partial charge in [-0.25, -0.2) is 0 Å². The third-order valence-corrected chi connectivity index (χ3v) is 3.01. The quantitative estimate of drug-likeness (QED) is 0.599. The van der Waals surface area contributed by atoms with Gasteiger partial charge in [0, 0.05) is 24.9 Å². The van der Waals surface area contributed by atoms with Crippen LogP contribution < -0.4 is 10.6 Å². The van der Waals surface area contributed by atoms with Crippen LogP contribution >= 0.6 is 0 Å². The van der Waals surface area contributed by atoms with Gasteiger partial charge in [-0.15, -0.1) is 0 Å². The molecule has 19 heavy (non-hydrogen) atoms. The van der Waals surface area contributed by atoms with E-state index in [0.29, 0.717) is 19.0 Å². The Kier molecular flexibility index (Phi) is 9.48. The van der Waals surface area contributed by atoms with E-state index in [1.165, 1.54) is 0 Å². The van der Waals surface area contributed by atoms with Crippen LogP contribution in [-0.2, 0) is 9.59 Å². The molecular weight excluding hydrogens is 240 g/mol. The molecule has 0 aliphatic rings. The van der Waals surface area contributed by atoms with Crippen LogP contribution in [0, 0.1) is 5.92 Å². The van der Waals surface area contributed by atoms with E-state index in [1.807, 2.05) is 20.8 Å². The van der Waals surface area contributed by atoms with Crippen LogP contribution in [0.5, 0.6) is 0 Å². The third-order valence-electron chi connectivity index (χ3n) is 3.01. The predicted octanol–water partition coefficient (Wildman–Crippen LogP) is 2.27. The summed E-state index contributed by atoms with van der Waals surface area (Å²) < 4.78 is 0. The summed E-state index contributed by atoms with van der Waals surface area (Å²) in [5.41, 5.74) is 0. The highest BCUT2D eigenvalue weighted by molar-refractivity contribution is 5.85. The predicted molar refractivity (Wildman–Crippen MR) is 79.1 cm³/mol. The summed E-state index contributed by atoms with van der Waals surface area (Å²) >= 11 is 0. The van der Waals surface area contributed by atoms with Crippen molar-refractivity contribution in [3.8, 4) is 0 Å². The summed E-state index contributed by atoms with van der Waals surface area (Å²) in [4.78, 5) is 23.1. The number of hydrogen-bond acceptors (Lipinski definition) is 3. The molecule has 4 nitrogen and oxygen atoms in total. The number of Topliss-reactive ketones (excluding diaryl/α,β-unsaturated/α-hetero) is 1. The molecule has 0 rings (SSSR count). The zero-order chi connectivity index (χ0) is 14.8. The van der Waals surface area contributed by atoms with Gasteiger partial charge in [0.1, 0.15) is 0 Å². The number of hydrogen-bond donors (Lipinski definition) is 2. The van der Waals surface area contributed by atoms with E-state index in [0.717, 1.165) is 19.3 Å². The number of rotatable bonds is 10. The van der Waals surface area contributed by atoms with E-state index in [2.05, 4.69) is 24.5 Å². The molecule has 0 aromatic heterocycles. The number of carbonyl (C=O) groups excluding carboxylic acids is 2. The van der Waals surface area contributed by atoms with Gasteiger partial charge >= 0.3 is 0 Å². The fourth-order valence-corrected chi connectivity index (χ4v) is 1.94. The summed E-state index contributed by atoms with van der Waals surface area (Å²) in [6, 6.07) is 0.259. The van der Waals surface area contributed by atoms with Gasteiger partial charge in [-0.3, -0.25) is 9.59 Å². The molecule has 0 aliphatic carbocycles. The fourth-order valence-electron chi connectivity index (χ4n) is 1.94. The molecule has 0 aliphatic heterocycles. The van der Waals surface area contributed by atoms with E-state index < -0.39 is 0 Å². The van der Waals surface area contributed by atoms with Crippen LogP contribution in [0.3, 0.4) is 0 Å². The molecule has 0 fully saturated rings. The van der Waals surface area contributed by atoms with E-state index in [1.54, 1.807) is 0 Å². The minimum atomic E-state index is -0.0538. The Morgan fingerprint density at radius 1 is 1.05 bits per heavy atom. The van der Waals surface area contributed by atoms with Crippen LogP contribution in [0.4, 0.5) is 0 Å². The van der Waals surface area contributed by atoms with Crippen molar-refractivity contribution in [1.29, 1.82) is 0 Å². The van der Waals surface area contributed by atoms with Gasteiger partial charge in [0.05, 0.1) is 6.04 Å². The maximum Gasteiger partial charge on any atom is 0.219 e. The Morgan fingerprint density at radius 3 is 2.16 bits per heavy atom. The molecule has 0 aromatic rings. The first-order valence-electron chi connectivity index (χ1n) is 7.44. The lowest BCUT2D eigenvalue weighted by molar-refractivity contribution is -0.124. The van der Waals surface area contributed by atoms with Crippen molar-refractivity contribution in [3.05, 3.63) is 0 Å². The van der Waals surface area contributed by atoms with Gasteiger partial charge in [0.15, 0.2) is 5.78 Å². The molecule has 0 aromatic carbocycles. The molecule has 0 saturated heterocycles. The number of unbranched alkanes of at least 4 members (excludes halogenated alkanes) is 1. The van der Waals surface area contributed by atoms with Gasteiger partial charge in [0.25, 0.3) is 0 Å². The van der Waals surface area contributed by atoms with Gasteiger partial charge in [-0.1, -0.05) is 34.6 Å². The summed E-state index contributed by atoms with van der Waals surface area (Å²) in [5.74, 6) is 0.442. The van der Waals surface area contributed by atoms with Crippen LogP contribution in [0.25, 0.3) is 0 Å². The van der Waals surface area contributed by atoms with Crippen LogP contribution in [-0.4, -0.2) is 30.3 Å². The summed E-state index contributed by atoms with van der Waals surface area (Å²) in [7, 11) is 0. The van der Waals surface area contributed by atoms with Crippen molar-refractivity contribution in [2.45, 2.75) is 72.4 Å². The van der Waals surface area contributed by atoms with E-state index in [9.17, 15) is 9.59 Å². The number of carbonyl (C=O) groups is 2. The third kappa shape index (κ3) is 8.76. The lowest BCUT2D eigenvalue weighted by atomic mass is 9.96. The molecule has 4 heteroatoms. The molecule has 0 radical (unpaired) electrons. The normalized spacial score (nSPS) is 12.8. The minimum Gasteiger partial charge on any atom is -0.356 e. The molecular formula is C15H30N2O2. The van der Waals surface area contributed by atoms with Crippen molar-refractivity contribution in [3.63, 3.8) is 0 Å². The van der Waals surface area contributed by atoms with Crippen molar-refractivity contribution in [2.24, 2.45) is 5.92 Å². The zero-order valence-corrected chi connectivity index (χ0v) is 13.1. The molecule has 112 valence electrons. The highest BCUT2D eigenvalue weighted by atomic mass is 16.1. The average Bonchev–Trinajstić information content (AvgIpc) is 2.35. The minimum absolute atomic E-state index is 0.0538. The molecule has 1 amide bonds. The van der Waals surface area contributed by atoms with Crippen molar-refractivity contribution < 1.29 is 9.59 Å². The van der Waals surface area contributed by atoms with Gasteiger partial charge in [-0.05, 0) is 19.3 Å². The van der Waals surface area contributed by atoms with Crippen LogP contribution in [0.2, 0.25) is 0 Å². The first kappa shape index (κ1) is 18.1. The van der Waals surface area contributed by atoms with Crippen LogP contribution in [0.15, 0.2) is 0 Å². The topological polar surface area (TPSA) is 58.2 Å². The summed E-state index contributed by atoms with van der Waals surface area (Å²) in [5, 5.41) is 6.19. The largest absolute Gasteiger partial charge is 0.356 e. The van der Waals surface area contributed by atoms with E-state index >= 15 is 0 Å². The maximum atomic E-state index is 12.1. The van der Waals surface area contributed by atoms with Gasteiger partial charge in [-0.2, -0.15) is 0 Å². The first-order chi connectivity index (χ1) is 8.88. The smallest absolute Gasteiger partial charge is 0.219 e. The SMILES string of the molecule is CCC(=O)NCCCC[C@H](NC(C)C)C(=O)C(C)C. The second kappa shape index (κ2) is 9.96. The number of amides is 1. The van der Waals surface area contributed by atoms with Crippen molar-refractivity contribution in [1.82, 2.24) is 10.6 Å². The fraction of sp³-hybridized carbons (Fsp3) is 0.867. The molecule has 0 spiro atoms. The first-order valence-corrected chi connectivity index (χ1v) is 7.44. The highest BCUT2D eigenvalue weighted by Crippen LogP contribution is 2.08. The van der Waals surface area contributed by atoms with Gasteiger partial charge in [0.2, 0.25) is 5.91 Å². The lowest BCUT2D eigenvalue weighted by Crippen LogP contribution is -2.42.